The maximum absolute atomic E-state index is 12.2. The highest BCUT2D eigenvalue weighted by atomic mass is 79.9. The molecule has 0 unspecified atom stereocenters. The van der Waals surface area contributed by atoms with Gasteiger partial charge in [-0.2, -0.15) is 0 Å². The van der Waals surface area contributed by atoms with Gasteiger partial charge in [-0.1, -0.05) is 6.07 Å². The molecule has 0 aliphatic carbocycles. The van der Waals surface area contributed by atoms with Gasteiger partial charge >= 0.3 is 0 Å². The topological polar surface area (TPSA) is 93.5 Å². The van der Waals surface area contributed by atoms with E-state index in [1.54, 1.807) is 24.3 Å². The number of hydrogen-bond acceptors (Lipinski definition) is 5. The number of nitrogens with one attached hydrogen (secondary N) is 2. The van der Waals surface area contributed by atoms with Crippen molar-refractivity contribution in [2.45, 2.75) is 0 Å². The Morgan fingerprint density at radius 1 is 1.29 bits per heavy atom. The third kappa shape index (κ3) is 4.49. The number of benzene rings is 2. The smallest absolute Gasteiger partial charge is 0.271 e. The molecule has 0 aliphatic rings. The minimum atomic E-state index is -0.512. The number of ether oxygens (including phenoxy) is 1. The molecule has 0 saturated heterocycles. The van der Waals surface area contributed by atoms with Gasteiger partial charge in [0, 0.05) is 23.4 Å². The first kappa shape index (κ1) is 17.8. The van der Waals surface area contributed by atoms with Crippen molar-refractivity contribution in [3.05, 3.63) is 62.6 Å². The maximum atomic E-state index is 12.2. The number of rotatable bonds is 4. The van der Waals surface area contributed by atoms with Crippen molar-refractivity contribution in [2.24, 2.45) is 0 Å². The number of amides is 1. The van der Waals surface area contributed by atoms with Crippen LogP contribution in [0.5, 0.6) is 5.75 Å². The van der Waals surface area contributed by atoms with Crippen molar-refractivity contribution in [1.29, 1.82) is 0 Å². The van der Waals surface area contributed by atoms with Crippen molar-refractivity contribution in [3.8, 4) is 5.75 Å². The summed E-state index contributed by atoms with van der Waals surface area (Å²) in [6.45, 7) is 0. The number of nitro groups is 1. The number of thiocarbonyl (C=S) groups is 1. The molecule has 0 radical (unpaired) electrons. The van der Waals surface area contributed by atoms with E-state index in [-0.39, 0.29) is 10.8 Å². The molecule has 124 valence electrons. The van der Waals surface area contributed by atoms with Gasteiger partial charge in [0.05, 0.1) is 16.5 Å². The molecule has 0 bridgehead atoms. The van der Waals surface area contributed by atoms with Crippen LogP contribution in [0.3, 0.4) is 0 Å². The summed E-state index contributed by atoms with van der Waals surface area (Å²) in [6, 6.07) is 10.7. The number of hydrogen-bond donors (Lipinski definition) is 2. The summed E-state index contributed by atoms with van der Waals surface area (Å²) in [6.07, 6.45) is 0. The summed E-state index contributed by atoms with van der Waals surface area (Å²) in [7, 11) is 1.53. The van der Waals surface area contributed by atoms with Crippen molar-refractivity contribution in [2.75, 3.05) is 12.4 Å². The van der Waals surface area contributed by atoms with Crippen LogP contribution in [0.15, 0.2) is 46.9 Å². The zero-order valence-electron chi connectivity index (χ0n) is 12.4. The third-order valence-electron chi connectivity index (χ3n) is 2.96. The second kappa shape index (κ2) is 7.84. The molecule has 0 atom stereocenters. The molecule has 0 spiro atoms. The zero-order valence-corrected chi connectivity index (χ0v) is 14.8. The van der Waals surface area contributed by atoms with E-state index in [1.807, 2.05) is 0 Å². The van der Waals surface area contributed by atoms with Crippen LogP contribution >= 0.6 is 28.1 Å². The lowest BCUT2D eigenvalue weighted by atomic mass is 10.2. The highest BCUT2D eigenvalue weighted by Gasteiger charge is 2.12. The first-order valence-electron chi connectivity index (χ1n) is 6.61. The van der Waals surface area contributed by atoms with Crippen LogP contribution in [0.1, 0.15) is 10.4 Å². The van der Waals surface area contributed by atoms with Gasteiger partial charge in [-0.15, -0.1) is 0 Å². The lowest BCUT2D eigenvalue weighted by molar-refractivity contribution is -0.384. The van der Waals surface area contributed by atoms with E-state index in [0.29, 0.717) is 21.5 Å². The Hall–Kier alpha value is -2.52. The Bertz CT molecular complexity index is 813. The third-order valence-corrected chi connectivity index (χ3v) is 3.78. The number of carbonyl (C=O) groups is 1. The van der Waals surface area contributed by atoms with E-state index in [1.165, 1.54) is 25.3 Å². The average Bonchev–Trinajstić information content (AvgIpc) is 2.54. The molecule has 0 aliphatic heterocycles. The average molecular weight is 410 g/mol. The van der Waals surface area contributed by atoms with Gasteiger partial charge < -0.3 is 10.1 Å². The van der Waals surface area contributed by atoms with Crippen LogP contribution in [-0.4, -0.2) is 23.1 Å². The van der Waals surface area contributed by atoms with E-state index in [4.69, 9.17) is 17.0 Å². The molecule has 2 N–H and O–H groups in total. The van der Waals surface area contributed by atoms with Crippen LogP contribution in [-0.2, 0) is 0 Å². The lowest BCUT2D eigenvalue weighted by Gasteiger charge is -2.10. The van der Waals surface area contributed by atoms with Gasteiger partial charge in [-0.05, 0) is 52.4 Å². The number of anilines is 1. The number of halogens is 1. The minimum Gasteiger partial charge on any atom is -0.496 e. The predicted molar refractivity (Wildman–Crippen MR) is 97.5 cm³/mol. The Balaban J connectivity index is 2.04. The SMILES string of the molecule is COc1ccc(C(=O)NC(=S)Nc2cccc([N+](=O)[O-])c2)cc1Br. The van der Waals surface area contributed by atoms with E-state index in [0.717, 1.165) is 0 Å². The molecule has 2 aromatic rings. The zero-order chi connectivity index (χ0) is 17.7. The van der Waals surface area contributed by atoms with Crippen molar-refractivity contribution >= 4 is 50.5 Å². The number of carbonyl (C=O) groups excluding carboxylic acids is 1. The standard InChI is InChI=1S/C15H12BrN3O4S/c1-23-13-6-5-9(7-12(13)16)14(20)18-15(24)17-10-3-2-4-11(8-10)19(21)22/h2-8H,1H3,(H2,17,18,20,24). The lowest BCUT2D eigenvalue weighted by Crippen LogP contribution is -2.34. The van der Waals surface area contributed by atoms with Crippen LogP contribution in [0.2, 0.25) is 0 Å². The van der Waals surface area contributed by atoms with Crippen LogP contribution in [0, 0.1) is 10.1 Å². The number of methoxy groups -OCH3 is 1. The molecular formula is C15H12BrN3O4S. The summed E-state index contributed by atoms with van der Waals surface area (Å²) in [4.78, 5) is 22.4. The molecule has 24 heavy (non-hydrogen) atoms. The number of non-ortho nitro benzene ring substituents is 1. The first-order chi connectivity index (χ1) is 11.4. The van der Waals surface area contributed by atoms with Gasteiger partial charge in [0.1, 0.15) is 5.75 Å². The predicted octanol–water partition coefficient (Wildman–Crippen LogP) is 3.49. The van der Waals surface area contributed by atoms with Crippen molar-refractivity contribution in [3.63, 3.8) is 0 Å². The summed E-state index contributed by atoms with van der Waals surface area (Å²) in [5.41, 5.74) is 0.712. The molecule has 0 aromatic heterocycles. The van der Waals surface area contributed by atoms with Gasteiger partial charge in [0.2, 0.25) is 0 Å². The molecule has 0 fully saturated rings. The maximum Gasteiger partial charge on any atom is 0.271 e. The van der Waals surface area contributed by atoms with E-state index >= 15 is 0 Å². The molecule has 7 nitrogen and oxygen atoms in total. The highest BCUT2D eigenvalue weighted by molar-refractivity contribution is 9.10. The van der Waals surface area contributed by atoms with Crippen LogP contribution in [0.4, 0.5) is 11.4 Å². The normalized spacial score (nSPS) is 9.92. The summed E-state index contributed by atoms with van der Waals surface area (Å²) >= 11 is 8.35. The van der Waals surface area contributed by atoms with E-state index < -0.39 is 10.8 Å². The fourth-order valence-corrected chi connectivity index (χ4v) is 2.59. The molecule has 2 rings (SSSR count). The molecule has 2 aromatic carbocycles. The van der Waals surface area contributed by atoms with Gasteiger partial charge in [-0.25, -0.2) is 0 Å². The largest absolute Gasteiger partial charge is 0.496 e. The van der Waals surface area contributed by atoms with Crippen molar-refractivity contribution < 1.29 is 14.5 Å². The first-order valence-corrected chi connectivity index (χ1v) is 7.81. The molecule has 0 saturated carbocycles. The Morgan fingerprint density at radius 2 is 2.04 bits per heavy atom. The minimum absolute atomic E-state index is 0.0347. The fraction of sp³-hybridized carbons (Fsp3) is 0.0667. The molecular weight excluding hydrogens is 398 g/mol. The molecule has 1 amide bonds. The summed E-state index contributed by atoms with van der Waals surface area (Å²) < 4.78 is 5.73. The van der Waals surface area contributed by atoms with E-state index in [2.05, 4.69) is 26.6 Å². The highest BCUT2D eigenvalue weighted by Crippen LogP contribution is 2.25. The second-order valence-corrected chi connectivity index (χ2v) is 5.83. The molecule has 0 heterocycles. The Kier molecular flexibility index (Phi) is 5.83. The Morgan fingerprint density at radius 3 is 2.67 bits per heavy atom. The quantitative estimate of drug-likeness (QED) is 0.455. The monoisotopic (exact) mass is 409 g/mol. The van der Waals surface area contributed by atoms with Crippen LogP contribution < -0.4 is 15.4 Å². The van der Waals surface area contributed by atoms with Crippen LogP contribution in [0.25, 0.3) is 0 Å². The fourth-order valence-electron chi connectivity index (χ4n) is 1.84. The Labute approximate surface area is 151 Å². The van der Waals surface area contributed by atoms with Gasteiger partial charge in [-0.3, -0.25) is 20.2 Å². The van der Waals surface area contributed by atoms with Crippen molar-refractivity contribution in [1.82, 2.24) is 5.32 Å². The summed E-state index contributed by atoms with van der Waals surface area (Å²) in [5.74, 6) is 0.185. The molecule has 9 heteroatoms. The van der Waals surface area contributed by atoms with E-state index in [9.17, 15) is 14.9 Å². The summed E-state index contributed by atoms with van der Waals surface area (Å²) in [5, 5.41) is 16.0. The number of nitro benzene ring substituents is 1. The van der Waals surface area contributed by atoms with Gasteiger partial charge in [0.15, 0.2) is 5.11 Å². The number of nitrogens with zero attached hydrogens (tertiary/aromatic N) is 1. The van der Waals surface area contributed by atoms with Gasteiger partial charge in [0.25, 0.3) is 11.6 Å². The second-order valence-electron chi connectivity index (χ2n) is 4.57.